The van der Waals surface area contributed by atoms with Gasteiger partial charge in [-0.3, -0.25) is 0 Å². The summed E-state index contributed by atoms with van der Waals surface area (Å²) in [6.07, 6.45) is 5.41. The predicted molar refractivity (Wildman–Crippen MR) is 79.9 cm³/mol. The van der Waals surface area contributed by atoms with Crippen molar-refractivity contribution in [2.24, 2.45) is 5.92 Å². The van der Waals surface area contributed by atoms with Crippen molar-refractivity contribution in [2.45, 2.75) is 37.8 Å². The lowest BCUT2D eigenvalue weighted by atomic mass is 9.85. The lowest BCUT2D eigenvalue weighted by Crippen LogP contribution is -2.38. The molecule has 2 fully saturated rings. The molecule has 3 unspecified atom stereocenters. The average molecular weight is 289 g/mol. The van der Waals surface area contributed by atoms with Gasteiger partial charge in [0, 0.05) is 12.6 Å². The van der Waals surface area contributed by atoms with E-state index in [2.05, 4.69) is 17.4 Å². The van der Waals surface area contributed by atoms with Crippen LogP contribution in [0.4, 0.5) is 0 Å². The number of benzene rings is 1. The molecule has 1 saturated heterocycles. The molecule has 1 aromatic rings. The van der Waals surface area contributed by atoms with E-state index in [0.717, 1.165) is 24.7 Å². The Kier molecular flexibility index (Phi) is 3.74. The van der Waals surface area contributed by atoms with Crippen LogP contribution in [-0.2, 0) is 4.74 Å². The van der Waals surface area contributed by atoms with Crippen LogP contribution in [0.1, 0.15) is 37.4 Å². The summed E-state index contributed by atoms with van der Waals surface area (Å²) in [5.41, 5.74) is 1.19. The van der Waals surface area contributed by atoms with Crippen LogP contribution in [0.3, 0.4) is 0 Å². The molecule has 114 valence electrons. The quantitative estimate of drug-likeness (QED) is 0.863. The molecule has 2 aliphatic heterocycles. The molecule has 0 aromatic heterocycles. The van der Waals surface area contributed by atoms with Gasteiger partial charge in [-0.15, -0.1) is 0 Å². The molecule has 2 heterocycles. The number of hydrogen-bond acceptors (Lipinski definition) is 4. The van der Waals surface area contributed by atoms with Crippen molar-refractivity contribution in [2.75, 3.05) is 26.4 Å². The Morgan fingerprint density at radius 2 is 1.86 bits per heavy atom. The smallest absolute Gasteiger partial charge is 0.161 e. The predicted octanol–water partition coefficient (Wildman–Crippen LogP) is 2.68. The SMILES string of the molecule is c1cc2c(cc1C1CNC3CCCCC3CO1)OCCO2. The van der Waals surface area contributed by atoms with Gasteiger partial charge in [-0.1, -0.05) is 18.9 Å². The van der Waals surface area contributed by atoms with E-state index in [1.54, 1.807) is 0 Å². The van der Waals surface area contributed by atoms with Gasteiger partial charge in [-0.2, -0.15) is 0 Å². The molecule has 4 rings (SSSR count). The maximum Gasteiger partial charge on any atom is 0.161 e. The fourth-order valence-corrected chi connectivity index (χ4v) is 3.71. The minimum absolute atomic E-state index is 0.117. The van der Waals surface area contributed by atoms with E-state index < -0.39 is 0 Å². The van der Waals surface area contributed by atoms with Crippen molar-refractivity contribution in [3.05, 3.63) is 23.8 Å². The van der Waals surface area contributed by atoms with Crippen molar-refractivity contribution in [1.29, 1.82) is 0 Å². The highest BCUT2D eigenvalue weighted by molar-refractivity contribution is 5.44. The molecule has 1 N–H and O–H groups in total. The molecule has 1 saturated carbocycles. The third kappa shape index (κ3) is 2.74. The van der Waals surface area contributed by atoms with Crippen LogP contribution in [0.2, 0.25) is 0 Å². The third-order valence-electron chi connectivity index (χ3n) is 4.92. The summed E-state index contributed by atoms with van der Waals surface area (Å²) < 4.78 is 17.5. The van der Waals surface area contributed by atoms with E-state index in [9.17, 15) is 0 Å². The number of ether oxygens (including phenoxy) is 3. The minimum Gasteiger partial charge on any atom is -0.486 e. The second-order valence-electron chi connectivity index (χ2n) is 6.28. The van der Waals surface area contributed by atoms with Crippen molar-refractivity contribution in [3.63, 3.8) is 0 Å². The summed E-state index contributed by atoms with van der Waals surface area (Å²) in [7, 11) is 0. The van der Waals surface area contributed by atoms with Crippen LogP contribution in [-0.4, -0.2) is 32.4 Å². The summed E-state index contributed by atoms with van der Waals surface area (Å²) in [6, 6.07) is 6.83. The van der Waals surface area contributed by atoms with Gasteiger partial charge < -0.3 is 19.5 Å². The van der Waals surface area contributed by atoms with Crippen LogP contribution in [0.25, 0.3) is 0 Å². The molecule has 0 radical (unpaired) electrons. The maximum atomic E-state index is 6.19. The highest BCUT2D eigenvalue weighted by Crippen LogP contribution is 2.35. The van der Waals surface area contributed by atoms with Crippen LogP contribution in [0.15, 0.2) is 18.2 Å². The topological polar surface area (TPSA) is 39.7 Å². The fourth-order valence-electron chi connectivity index (χ4n) is 3.71. The summed E-state index contributed by atoms with van der Waals surface area (Å²) >= 11 is 0. The van der Waals surface area contributed by atoms with Crippen molar-refractivity contribution in [1.82, 2.24) is 5.32 Å². The zero-order valence-electron chi connectivity index (χ0n) is 12.3. The second-order valence-corrected chi connectivity index (χ2v) is 6.28. The highest BCUT2D eigenvalue weighted by atomic mass is 16.6. The molecular weight excluding hydrogens is 266 g/mol. The molecule has 0 amide bonds. The molecule has 0 bridgehead atoms. The molecule has 0 spiro atoms. The van der Waals surface area contributed by atoms with Crippen LogP contribution in [0.5, 0.6) is 11.5 Å². The molecule has 1 aromatic carbocycles. The van der Waals surface area contributed by atoms with Gasteiger partial charge in [0.25, 0.3) is 0 Å². The fraction of sp³-hybridized carbons (Fsp3) is 0.647. The van der Waals surface area contributed by atoms with Crippen molar-refractivity contribution in [3.8, 4) is 11.5 Å². The normalized spacial score (nSPS) is 32.1. The molecule has 4 heteroatoms. The Labute approximate surface area is 125 Å². The van der Waals surface area contributed by atoms with Crippen LogP contribution >= 0.6 is 0 Å². The molecular formula is C17H23NO3. The van der Waals surface area contributed by atoms with Crippen molar-refractivity contribution < 1.29 is 14.2 Å². The standard InChI is InChI=1S/C17H23NO3/c1-2-4-14-13(3-1)11-21-17(10-18-14)12-5-6-15-16(9-12)20-8-7-19-15/h5-6,9,13-14,17-18H,1-4,7-8,10-11H2. The van der Waals surface area contributed by atoms with Gasteiger partial charge >= 0.3 is 0 Å². The van der Waals surface area contributed by atoms with Gasteiger partial charge in [0.1, 0.15) is 13.2 Å². The van der Waals surface area contributed by atoms with Crippen molar-refractivity contribution >= 4 is 0 Å². The van der Waals surface area contributed by atoms with E-state index in [1.165, 1.54) is 31.2 Å². The zero-order chi connectivity index (χ0) is 14.1. The van der Waals surface area contributed by atoms with Gasteiger partial charge in [-0.25, -0.2) is 0 Å². The van der Waals surface area contributed by atoms with Gasteiger partial charge in [-0.05, 0) is 36.5 Å². The minimum atomic E-state index is 0.117. The number of rotatable bonds is 1. The summed E-state index contributed by atoms with van der Waals surface area (Å²) in [5, 5.41) is 3.72. The molecule has 3 aliphatic rings. The lowest BCUT2D eigenvalue weighted by Gasteiger charge is -2.29. The van der Waals surface area contributed by atoms with E-state index in [4.69, 9.17) is 14.2 Å². The Hall–Kier alpha value is -1.26. The first-order valence-electron chi connectivity index (χ1n) is 8.15. The summed E-state index contributed by atoms with van der Waals surface area (Å²) in [6.45, 7) is 3.03. The van der Waals surface area contributed by atoms with Crippen LogP contribution < -0.4 is 14.8 Å². The van der Waals surface area contributed by atoms with E-state index >= 15 is 0 Å². The first-order chi connectivity index (χ1) is 10.4. The van der Waals surface area contributed by atoms with E-state index in [1.807, 2.05) is 6.07 Å². The Morgan fingerprint density at radius 3 is 2.81 bits per heavy atom. The molecule has 3 atom stereocenters. The first kappa shape index (κ1) is 13.4. The van der Waals surface area contributed by atoms with Gasteiger partial charge in [0.15, 0.2) is 11.5 Å². The maximum absolute atomic E-state index is 6.19. The molecule has 21 heavy (non-hydrogen) atoms. The first-order valence-corrected chi connectivity index (χ1v) is 8.15. The monoisotopic (exact) mass is 289 g/mol. The van der Waals surface area contributed by atoms with Gasteiger partial charge in [0.2, 0.25) is 0 Å². The second kappa shape index (κ2) is 5.85. The summed E-state index contributed by atoms with van der Waals surface area (Å²) in [5.74, 6) is 2.38. The van der Waals surface area contributed by atoms with E-state index in [-0.39, 0.29) is 6.10 Å². The number of nitrogens with one attached hydrogen (secondary N) is 1. The highest BCUT2D eigenvalue weighted by Gasteiger charge is 2.30. The average Bonchev–Trinajstić information content (AvgIpc) is 2.77. The Bertz CT molecular complexity index is 489. The third-order valence-corrected chi connectivity index (χ3v) is 4.92. The number of hydrogen-bond donors (Lipinski definition) is 1. The number of fused-ring (bicyclic) bond motifs is 2. The van der Waals surface area contributed by atoms with Crippen LogP contribution in [0, 0.1) is 5.92 Å². The zero-order valence-corrected chi connectivity index (χ0v) is 12.3. The molecule has 1 aliphatic carbocycles. The Morgan fingerprint density at radius 1 is 1.00 bits per heavy atom. The molecule has 4 nitrogen and oxygen atoms in total. The Balaban J connectivity index is 1.51. The lowest BCUT2D eigenvalue weighted by molar-refractivity contribution is 0.0398. The summed E-state index contributed by atoms with van der Waals surface area (Å²) in [4.78, 5) is 0. The largest absolute Gasteiger partial charge is 0.486 e. The van der Waals surface area contributed by atoms with E-state index in [0.29, 0.717) is 25.2 Å². The van der Waals surface area contributed by atoms with Gasteiger partial charge in [0.05, 0.1) is 12.7 Å².